The fourth-order valence-electron chi connectivity index (χ4n) is 5.92. The first-order valence-corrected chi connectivity index (χ1v) is 17.1. The van der Waals surface area contributed by atoms with Crippen molar-refractivity contribution >= 4 is 17.9 Å². The summed E-state index contributed by atoms with van der Waals surface area (Å²) in [6.07, 6.45) is -1.15. The Morgan fingerprint density at radius 1 is 0.837 bits per heavy atom. The number of hydrogen-bond donors (Lipinski definition) is 4. The van der Waals surface area contributed by atoms with Crippen molar-refractivity contribution in [3.05, 3.63) is 108 Å². The molecule has 1 fully saturated rings. The van der Waals surface area contributed by atoms with Crippen LogP contribution < -0.4 is 16.0 Å². The summed E-state index contributed by atoms with van der Waals surface area (Å²) >= 11 is 0. The van der Waals surface area contributed by atoms with Gasteiger partial charge in [-0.25, -0.2) is 4.79 Å². The molecule has 0 radical (unpaired) electrons. The molecule has 5 atom stereocenters. The molecule has 3 amide bonds. The van der Waals surface area contributed by atoms with Gasteiger partial charge in [0.25, 0.3) is 0 Å². The first kappa shape index (κ1) is 37.6. The van der Waals surface area contributed by atoms with Gasteiger partial charge in [-0.05, 0) is 56.2 Å². The molecular formula is C39H52N4O6. The number of aliphatic hydroxyl groups excluding tert-OH is 1. The van der Waals surface area contributed by atoms with Crippen LogP contribution >= 0.6 is 0 Å². The Balaban J connectivity index is 1.47. The maximum Gasteiger partial charge on any atom is 0.408 e. The SMILES string of the molecule is CC(C)[C@H](NC(=O)OCc1ccccc1)C(=O)N[C@@H](Cc1ccccc1)[C@H](O)CN1C[C@@H](OCc2ccccc2)C[C@H]1C(=O)NC(C)(C)C. The summed E-state index contributed by atoms with van der Waals surface area (Å²) in [5, 5.41) is 20.6. The van der Waals surface area contributed by atoms with Gasteiger partial charge >= 0.3 is 6.09 Å². The third kappa shape index (κ3) is 12.3. The Labute approximate surface area is 290 Å². The Morgan fingerprint density at radius 3 is 1.94 bits per heavy atom. The standard InChI is InChI=1S/C39H52N4O6/c1-27(2)35(41-38(47)49-26-30-19-13-8-14-20-30)37(46)40-32(21-28-15-9-6-10-16-28)34(44)24-43-23-31(48-25-29-17-11-7-12-18-29)22-33(43)36(45)42-39(3,4)5/h6-20,27,31-35,44H,21-26H2,1-5H3,(H,40,46)(H,41,47)(H,42,45)/t31-,32-,33-,34+,35-/m0/s1. The normalized spacial score (nSPS) is 18.3. The van der Waals surface area contributed by atoms with Crippen molar-refractivity contribution in [2.45, 2.75) is 96.5 Å². The minimum atomic E-state index is -1.04. The zero-order valence-electron chi connectivity index (χ0n) is 29.3. The van der Waals surface area contributed by atoms with Crippen molar-refractivity contribution in [1.29, 1.82) is 0 Å². The Bertz CT molecular complexity index is 1470. The molecule has 0 spiro atoms. The number of aliphatic hydroxyl groups is 1. The van der Waals surface area contributed by atoms with Gasteiger partial charge in [-0.2, -0.15) is 0 Å². The first-order chi connectivity index (χ1) is 23.4. The lowest BCUT2D eigenvalue weighted by Gasteiger charge is -2.33. The summed E-state index contributed by atoms with van der Waals surface area (Å²) in [5.74, 6) is -0.822. The number of rotatable bonds is 15. The topological polar surface area (TPSA) is 129 Å². The second-order valence-electron chi connectivity index (χ2n) is 14.2. The summed E-state index contributed by atoms with van der Waals surface area (Å²) < 4.78 is 11.6. The lowest BCUT2D eigenvalue weighted by molar-refractivity contribution is -0.128. The second-order valence-corrected chi connectivity index (χ2v) is 14.2. The number of β-amino-alcohol motifs (C(OH)–C–C–N with tert-alkyl or cyclic N) is 1. The highest BCUT2D eigenvalue weighted by atomic mass is 16.5. The summed E-state index contributed by atoms with van der Waals surface area (Å²) in [7, 11) is 0. The molecule has 0 unspecified atom stereocenters. The number of hydrogen-bond acceptors (Lipinski definition) is 7. The van der Waals surface area contributed by atoms with E-state index in [0.717, 1.165) is 16.7 Å². The van der Waals surface area contributed by atoms with Gasteiger partial charge in [0, 0.05) is 18.6 Å². The van der Waals surface area contributed by atoms with Crippen LogP contribution in [0.2, 0.25) is 0 Å². The van der Waals surface area contributed by atoms with Crippen LogP contribution in [0, 0.1) is 5.92 Å². The average molecular weight is 673 g/mol. The second kappa shape index (κ2) is 17.9. The molecular weight excluding hydrogens is 620 g/mol. The summed E-state index contributed by atoms with van der Waals surface area (Å²) in [5.41, 5.74) is 2.36. The summed E-state index contributed by atoms with van der Waals surface area (Å²) in [6, 6.07) is 26.6. The number of nitrogens with one attached hydrogen (secondary N) is 3. The maximum atomic E-state index is 13.7. The van der Waals surface area contributed by atoms with Crippen LogP contribution in [0.5, 0.6) is 0 Å². The Kier molecular flexibility index (Phi) is 13.8. The molecule has 4 rings (SSSR count). The van der Waals surface area contributed by atoms with Crippen molar-refractivity contribution in [3.63, 3.8) is 0 Å². The molecule has 10 nitrogen and oxygen atoms in total. The molecule has 0 bridgehead atoms. The van der Waals surface area contributed by atoms with Gasteiger partial charge in [0.05, 0.1) is 30.9 Å². The molecule has 0 aromatic heterocycles. The number of likely N-dealkylation sites (tertiary alicyclic amines) is 1. The predicted octanol–water partition coefficient (Wildman–Crippen LogP) is 4.60. The van der Waals surface area contributed by atoms with Crippen molar-refractivity contribution < 1.29 is 29.0 Å². The van der Waals surface area contributed by atoms with E-state index in [9.17, 15) is 19.5 Å². The van der Waals surface area contributed by atoms with E-state index in [1.54, 1.807) is 0 Å². The Morgan fingerprint density at radius 2 is 1.39 bits per heavy atom. The highest BCUT2D eigenvalue weighted by Gasteiger charge is 2.40. The lowest BCUT2D eigenvalue weighted by atomic mass is 9.98. The number of nitrogens with zero attached hydrogens (tertiary/aromatic N) is 1. The molecule has 3 aromatic rings. The van der Waals surface area contributed by atoms with Crippen molar-refractivity contribution in [1.82, 2.24) is 20.9 Å². The monoisotopic (exact) mass is 672 g/mol. The van der Waals surface area contributed by atoms with Crippen molar-refractivity contribution in [2.75, 3.05) is 13.1 Å². The van der Waals surface area contributed by atoms with Crippen LogP contribution in [0.1, 0.15) is 57.7 Å². The molecule has 0 saturated carbocycles. The molecule has 1 aliphatic heterocycles. The number of amides is 3. The van der Waals surface area contributed by atoms with Crippen LogP contribution in [0.15, 0.2) is 91.0 Å². The van der Waals surface area contributed by atoms with E-state index in [1.165, 1.54) is 0 Å². The van der Waals surface area contributed by atoms with Crippen LogP contribution in [0.3, 0.4) is 0 Å². The van der Waals surface area contributed by atoms with Gasteiger partial charge in [-0.3, -0.25) is 14.5 Å². The molecule has 3 aromatic carbocycles. The van der Waals surface area contributed by atoms with Gasteiger partial charge in [0.2, 0.25) is 11.8 Å². The fraction of sp³-hybridized carbons (Fsp3) is 0.462. The zero-order chi connectivity index (χ0) is 35.4. The molecule has 1 saturated heterocycles. The third-order valence-electron chi connectivity index (χ3n) is 8.44. The van der Waals surface area contributed by atoms with Gasteiger partial charge in [-0.1, -0.05) is 105 Å². The smallest absolute Gasteiger partial charge is 0.408 e. The van der Waals surface area contributed by atoms with Gasteiger partial charge in [0.1, 0.15) is 12.6 Å². The van der Waals surface area contributed by atoms with Gasteiger partial charge in [0.15, 0.2) is 0 Å². The zero-order valence-corrected chi connectivity index (χ0v) is 29.3. The van der Waals surface area contributed by atoms with E-state index in [4.69, 9.17) is 9.47 Å². The van der Waals surface area contributed by atoms with Crippen molar-refractivity contribution in [3.8, 4) is 0 Å². The van der Waals surface area contributed by atoms with Crippen molar-refractivity contribution in [2.24, 2.45) is 5.92 Å². The fourth-order valence-corrected chi connectivity index (χ4v) is 5.92. The van der Waals surface area contributed by atoms with E-state index in [0.29, 0.717) is 26.0 Å². The minimum Gasteiger partial charge on any atom is -0.445 e. The average Bonchev–Trinajstić information content (AvgIpc) is 3.48. The van der Waals surface area contributed by atoms with Crippen LogP contribution in [0.4, 0.5) is 4.79 Å². The van der Waals surface area contributed by atoms with Gasteiger partial charge < -0.3 is 30.5 Å². The highest BCUT2D eigenvalue weighted by Crippen LogP contribution is 2.24. The maximum absolute atomic E-state index is 13.7. The third-order valence-corrected chi connectivity index (χ3v) is 8.44. The number of carbonyl (C=O) groups is 3. The molecule has 49 heavy (non-hydrogen) atoms. The van der Waals surface area contributed by atoms with E-state index in [1.807, 2.05) is 131 Å². The number of benzene rings is 3. The number of carbonyl (C=O) groups excluding carboxylic acids is 3. The largest absolute Gasteiger partial charge is 0.445 e. The summed E-state index contributed by atoms with van der Waals surface area (Å²) in [6.45, 7) is 10.5. The predicted molar refractivity (Wildman–Crippen MR) is 189 cm³/mol. The molecule has 1 aliphatic rings. The Hall–Kier alpha value is -4.25. The number of ether oxygens (including phenoxy) is 2. The van der Waals surface area contributed by atoms with E-state index >= 15 is 0 Å². The highest BCUT2D eigenvalue weighted by molar-refractivity contribution is 5.86. The quantitative estimate of drug-likeness (QED) is 0.186. The number of alkyl carbamates (subject to hydrolysis) is 1. The van der Waals surface area contributed by atoms with E-state index in [-0.39, 0.29) is 31.1 Å². The lowest BCUT2D eigenvalue weighted by Crippen LogP contribution is -2.57. The van der Waals surface area contributed by atoms with Crippen LogP contribution in [-0.2, 0) is 38.7 Å². The van der Waals surface area contributed by atoms with Crippen LogP contribution in [0.25, 0.3) is 0 Å². The van der Waals surface area contributed by atoms with E-state index < -0.39 is 41.8 Å². The van der Waals surface area contributed by atoms with E-state index in [2.05, 4.69) is 16.0 Å². The minimum absolute atomic E-state index is 0.0737. The molecule has 1 heterocycles. The molecule has 264 valence electrons. The summed E-state index contributed by atoms with van der Waals surface area (Å²) in [4.78, 5) is 41.9. The van der Waals surface area contributed by atoms with Gasteiger partial charge in [-0.15, -0.1) is 0 Å². The van der Waals surface area contributed by atoms with Crippen LogP contribution in [-0.4, -0.2) is 76.9 Å². The molecule has 10 heteroatoms. The molecule has 4 N–H and O–H groups in total. The molecule has 0 aliphatic carbocycles. The first-order valence-electron chi connectivity index (χ1n) is 17.1.